The van der Waals surface area contributed by atoms with Crippen molar-refractivity contribution in [1.29, 1.82) is 0 Å². The summed E-state index contributed by atoms with van der Waals surface area (Å²) in [7, 11) is 0. The smallest absolute Gasteiger partial charge is 0.244 e. The number of hydrogen-bond acceptors (Lipinski definition) is 3. The van der Waals surface area contributed by atoms with Gasteiger partial charge in [-0.25, -0.2) is 0 Å². The van der Waals surface area contributed by atoms with Crippen LogP contribution in [0.5, 0.6) is 0 Å². The molecule has 2 aliphatic heterocycles. The highest BCUT2D eigenvalue weighted by molar-refractivity contribution is 9.10. The molecule has 0 spiro atoms. The lowest BCUT2D eigenvalue weighted by Gasteiger charge is -2.29. The minimum absolute atomic E-state index is 0.0180. The lowest BCUT2D eigenvalue weighted by molar-refractivity contribution is -0.134. The van der Waals surface area contributed by atoms with Crippen LogP contribution >= 0.6 is 15.9 Å². The first kappa shape index (κ1) is 19.6. The summed E-state index contributed by atoms with van der Waals surface area (Å²) in [5.41, 5.74) is 2.41. The van der Waals surface area contributed by atoms with Gasteiger partial charge in [-0.3, -0.25) is 14.4 Å². The Morgan fingerprint density at radius 2 is 1.86 bits per heavy atom. The topological polar surface area (TPSA) is 69.7 Å². The molecule has 0 saturated carbocycles. The molecule has 4 rings (SSSR count). The van der Waals surface area contributed by atoms with Gasteiger partial charge in [0, 0.05) is 23.9 Å². The molecule has 7 heteroatoms. The Bertz CT molecular complexity index is 962. The molecule has 2 aliphatic rings. The number of para-hydroxylation sites is 2. The van der Waals surface area contributed by atoms with Crippen molar-refractivity contribution in [3.63, 3.8) is 0 Å². The van der Waals surface area contributed by atoms with Crippen LogP contribution in [0.25, 0.3) is 0 Å². The van der Waals surface area contributed by atoms with Crippen molar-refractivity contribution in [3.05, 3.63) is 58.6 Å². The van der Waals surface area contributed by atoms with Crippen LogP contribution in [-0.4, -0.2) is 35.7 Å². The van der Waals surface area contributed by atoms with Gasteiger partial charge in [0.2, 0.25) is 17.7 Å². The van der Waals surface area contributed by atoms with Gasteiger partial charge in [0.25, 0.3) is 0 Å². The zero-order chi connectivity index (χ0) is 20.4. The number of nitrogens with one attached hydrogen (secondary N) is 1. The van der Waals surface area contributed by atoms with E-state index in [1.165, 1.54) is 4.90 Å². The number of carbonyl (C=O) groups excluding carboxylic acids is 3. The third kappa shape index (κ3) is 4.19. The van der Waals surface area contributed by atoms with Crippen LogP contribution in [0.3, 0.4) is 0 Å². The number of rotatable bonds is 4. The van der Waals surface area contributed by atoms with E-state index in [9.17, 15) is 14.4 Å². The highest BCUT2D eigenvalue weighted by Gasteiger charge is 2.31. The lowest BCUT2D eigenvalue weighted by Crippen LogP contribution is -2.42. The zero-order valence-corrected chi connectivity index (χ0v) is 17.5. The third-order valence-corrected chi connectivity index (χ3v) is 5.92. The largest absolute Gasteiger partial charge is 0.336 e. The maximum atomic E-state index is 12.9. The predicted octanol–water partition coefficient (Wildman–Crippen LogP) is 3.88. The van der Waals surface area contributed by atoms with Crippen LogP contribution in [0.1, 0.15) is 37.3 Å². The Labute approximate surface area is 178 Å². The normalized spacial score (nSPS) is 18.4. The van der Waals surface area contributed by atoms with Crippen molar-refractivity contribution in [2.75, 3.05) is 23.3 Å². The summed E-state index contributed by atoms with van der Waals surface area (Å²) in [6, 6.07) is 15.3. The van der Waals surface area contributed by atoms with Gasteiger partial charge in [-0.15, -0.1) is 0 Å². The number of halogens is 1. The van der Waals surface area contributed by atoms with E-state index in [4.69, 9.17) is 0 Å². The van der Waals surface area contributed by atoms with Gasteiger partial charge < -0.3 is 15.1 Å². The van der Waals surface area contributed by atoms with Gasteiger partial charge in [-0.2, -0.15) is 0 Å². The summed E-state index contributed by atoms with van der Waals surface area (Å²) in [6.07, 6.45) is 2.11. The van der Waals surface area contributed by atoms with Gasteiger partial charge in [-0.1, -0.05) is 40.2 Å². The number of amides is 3. The number of hydrogen-bond donors (Lipinski definition) is 1. The molecule has 0 bridgehead atoms. The number of fused-ring (bicyclic) bond motifs is 1. The molecule has 0 aliphatic carbocycles. The monoisotopic (exact) mass is 455 g/mol. The first-order valence-electron chi connectivity index (χ1n) is 9.77. The van der Waals surface area contributed by atoms with Crippen molar-refractivity contribution in [3.8, 4) is 0 Å². The van der Waals surface area contributed by atoms with E-state index in [-0.39, 0.29) is 43.1 Å². The molecular formula is C22H22BrN3O3. The summed E-state index contributed by atoms with van der Waals surface area (Å²) < 4.78 is 0.992. The Morgan fingerprint density at radius 3 is 2.69 bits per heavy atom. The summed E-state index contributed by atoms with van der Waals surface area (Å²) in [6.45, 7) is 0.688. The summed E-state index contributed by atoms with van der Waals surface area (Å²) in [5, 5.41) is 2.77. The Kier molecular flexibility index (Phi) is 5.67. The molecule has 0 radical (unpaired) electrons. The summed E-state index contributed by atoms with van der Waals surface area (Å²) in [5.74, 6) is -0.452. The number of nitrogens with zero attached hydrogens (tertiary/aromatic N) is 2. The highest BCUT2D eigenvalue weighted by atomic mass is 79.9. The van der Waals surface area contributed by atoms with Crippen molar-refractivity contribution in [2.24, 2.45) is 0 Å². The molecule has 2 aromatic carbocycles. The summed E-state index contributed by atoms with van der Waals surface area (Å²) >= 11 is 3.49. The van der Waals surface area contributed by atoms with E-state index in [0.717, 1.165) is 22.9 Å². The van der Waals surface area contributed by atoms with Crippen molar-refractivity contribution in [1.82, 2.24) is 4.90 Å². The Balaban J connectivity index is 1.42. The van der Waals surface area contributed by atoms with E-state index in [1.807, 2.05) is 41.3 Å². The Morgan fingerprint density at radius 1 is 1.07 bits per heavy atom. The van der Waals surface area contributed by atoms with Gasteiger partial charge in [0.1, 0.15) is 6.54 Å². The van der Waals surface area contributed by atoms with Crippen molar-refractivity contribution < 1.29 is 14.4 Å². The van der Waals surface area contributed by atoms with E-state index in [1.54, 1.807) is 12.1 Å². The molecular weight excluding hydrogens is 434 g/mol. The molecule has 1 N–H and O–H groups in total. The van der Waals surface area contributed by atoms with Gasteiger partial charge in [0.05, 0.1) is 17.4 Å². The molecule has 2 heterocycles. The molecule has 0 aromatic heterocycles. The molecule has 150 valence electrons. The molecule has 1 unspecified atom stereocenters. The van der Waals surface area contributed by atoms with Crippen molar-refractivity contribution in [2.45, 2.75) is 31.7 Å². The van der Waals surface area contributed by atoms with Crippen LogP contribution in [-0.2, 0) is 14.4 Å². The van der Waals surface area contributed by atoms with E-state index < -0.39 is 0 Å². The molecule has 3 amide bonds. The third-order valence-electron chi connectivity index (χ3n) is 5.43. The highest BCUT2D eigenvalue weighted by Crippen LogP contribution is 2.34. The molecule has 1 fully saturated rings. The first-order valence-corrected chi connectivity index (χ1v) is 10.6. The molecule has 1 atom stereocenters. The van der Waals surface area contributed by atoms with E-state index >= 15 is 0 Å². The zero-order valence-electron chi connectivity index (χ0n) is 15.9. The van der Waals surface area contributed by atoms with Gasteiger partial charge >= 0.3 is 0 Å². The second kappa shape index (κ2) is 8.37. The average Bonchev–Trinajstić information content (AvgIpc) is 3.21. The quantitative estimate of drug-likeness (QED) is 0.760. The standard InChI is InChI=1S/C22H22BrN3O3/c23-16-6-3-5-15(13-16)18-9-4-12-25(18)21(28)10-11-22(29)26-14-20(27)24-17-7-1-2-8-19(17)26/h1-3,5-8,13,18H,4,9-12,14H2,(H,24,27). The number of benzene rings is 2. The second-order valence-electron chi connectivity index (χ2n) is 7.35. The van der Waals surface area contributed by atoms with Crippen LogP contribution < -0.4 is 10.2 Å². The van der Waals surface area contributed by atoms with Crippen LogP contribution in [0.4, 0.5) is 11.4 Å². The fraction of sp³-hybridized carbons (Fsp3) is 0.318. The van der Waals surface area contributed by atoms with Gasteiger partial charge in [-0.05, 0) is 42.7 Å². The summed E-state index contributed by atoms with van der Waals surface area (Å²) in [4.78, 5) is 40.9. The average molecular weight is 456 g/mol. The van der Waals surface area contributed by atoms with Gasteiger partial charge in [0.15, 0.2) is 0 Å². The molecule has 1 saturated heterocycles. The van der Waals surface area contributed by atoms with Crippen LogP contribution in [0.15, 0.2) is 53.0 Å². The SMILES string of the molecule is O=C1CN(C(=O)CCC(=O)N2CCCC2c2cccc(Br)c2)c2ccccc2N1. The maximum Gasteiger partial charge on any atom is 0.244 e. The number of carbonyl (C=O) groups is 3. The predicted molar refractivity (Wildman–Crippen MR) is 114 cm³/mol. The molecule has 6 nitrogen and oxygen atoms in total. The molecule has 29 heavy (non-hydrogen) atoms. The minimum atomic E-state index is -0.224. The first-order chi connectivity index (χ1) is 14.0. The Hall–Kier alpha value is -2.67. The van der Waals surface area contributed by atoms with E-state index in [2.05, 4.69) is 21.2 Å². The fourth-order valence-electron chi connectivity index (χ4n) is 4.07. The minimum Gasteiger partial charge on any atom is -0.336 e. The lowest BCUT2D eigenvalue weighted by atomic mass is 10.0. The van der Waals surface area contributed by atoms with Crippen molar-refractivity contribution >= 4 is 45.0 Å². The number of anilines is 2. The second-order valence-corrected chi connectivity index (χ2v) is 8.26. The molecule has 2 aromatic rings. The van der Waals surface area contributed by atoms with E-state index in [0.29, 0.717) is 17.9 Å². The van der Waals surface area contributed by atoms with Crippen LogP contribution in [0, 0.1) is 0 Å². The fourth-order valence-corrected chi connectivity index (χ4v) is 4.49. The number of likely N-dealkylation sites (tertiary alicyclic amines) is 1. The maximum absolute atomic E-state index is 12.9. The van der Waals surface area contributed by atoms with Crippen LogP contribution in [0.2, 0.25) is 0 Å².